The fourth-order valence-corrected chi connectivity index (χ4v) is 4.47. The Morgan fingerprint density at radius 2 is 1.95 bits per heavy atom. The smallest absolute Gasteiger partial charge is 0.328 e. The van der Waals surface area contributed by atoms with E-state index in [0.29, 0.717) is 4.47 Å². The van der Waals surface area contributed by atoms with Gasteiger partial charge in [-0.15, -0.1) is 0 Å². The van der Waals surface area contributed by atoms with Gasteiger partial charge in [0, 0.05) is 15.0 Å². The van der Waals surface area contributed by atoms with E-state index in [9.17, 15) is 13.2 Å². The molecule has 0 heterocycles. The first-order chi connectivity index (χ1) is 8.79. The average molecular weight is 413 g/mol. The number of hydrogen-bond acceptors (Lipinski definition) is 4. The number of nitrogens with two attached hydrogens (primary N) is 1. The van der Waals surface area contributed by atoms with E-state index >= 15 is 0 Å². The maximum atomic E-state index is 12.1. The zero-order chi connectivity index (χ0) is 14.2. The van der Waals surface area contributed by atoms with Gasteiger partial charge in [0.1, 0.15) is 4.90 Å². The molecule has 4 N–H and O–H groups in total. The number of halogens is 2. The van der Waals surface area contributed by atoms with E-state index in [1.54, 1.807) is 6.07 Å². The van der Waals surface area contributed by atoms with Crippen molar-refractivity contribution in [2.75, 3.05) is 5.73 Å². The summed E-state index contributed by atoms with van der Waals surface area (Å²) in [5, 5.41) is 2.54. The van der Waals surface area contributed by atoms with E-state index in [2.05, 4.69) is 37.2 Å². The molecule has 0 unspecified atom stereocenters. The molecule has 104 valence electrons. The first kappa shape index (κ1) is 14.6. The largest absolute Gasteiger partial charge is 0.398 e. The third-order valence-corrected chi connectivity index (χ3v) is 5.24. The molecule has 9 heteroatoms. The maximum Gasteiger partial charge on any atom is 0.328 e. The fraction of sp³-hybridized carbons (Fsp3) is 0.300. The van der Waals surface area contributed by atoms with Crippen LogP contribution in [0.3, 0.4) is 0 Å². The number of anilines is 1. The Balaban J connectivity index is 2.26. The summed E-state index contributed by atoms with van der Waals surface area (Å²) in [4.78, 5) is 11.4. The highest BCUT2D eigenvalue weighted by Gasteiger charge is 2.28. The van der Waals surface area contributed by atoms with E-state index in [-0.39, 0.29) is 21.1 Å². The molecule has 2 amide bonds. The standard InChI is InChI=1S/C10H11Br2N3O3S/c11-5-3-7(12)9(8(13)4-5)19(17,18)15-10(16)14-6-1-2-6/h3-4,6H,1-2,13H2,(H2,14,15,16). The Labute approximate surface area is 127 Å². The number of nitrogen functional groups attached to an aromatic ring is 1. The van der Waals surface area contributed by atoms with Gasteiger partial charge in [0.15, 0.2) is 0 Å². The van der Waals surface area contributed by atoms with E-state index in [0.717, 1.165) is 12.8 Å². The summed E-state index contributed by atoms with van der Waals surface area (Å²) in [6.45, 7) is 0. The van der Waals surface area contributed by atoms with Crippen LogP contribution < -0.4 is 15.8 Å². The van der Waals surface area contributed by atoms with Crippen molar-refractivity contribution in [1.82, 2.24) is 10.0 Å². The van der Waals surface area contributed by atoms with Crippen LogP contribution in [-0.2, 0) is 10.0 Å². The number of amides is 2. The summed E-state index contributed by atoms with van der Waals surface area (Å²) in [6, 6.07) is 2.33. The number of carbonyl (C=O) groups is 1. The summed E-state index contributed by atoms with van der Waals surface area (Å²) in [6.07, 6.45) is 1.75. The van der Waals surface area contributed by atoms with Gasteiger partial charge in [-0.05, 0) is 40.9 Å². The van der Waals surface area contributed by atoms with Crippen LogP contribution >= 0.6 is 31.9 Å². The normalized spacial score (nSPS) is 15.1. The second kappa shape index (κ2) is 5.29. The maximum absolute atomic E-state index is 12.1. The van der Waals surface area contributed by atoms with Crippen molar-refractivity contribution in [1.29, 1.82) is 0 Å². The van der Waals surface area contributed by atoms with E-state index in [4.69, 9.17) is 5.73 Å². The number of benzene rings is 1. The average Bonchev–Trinajstić information content (AvgIpc) is 2.97. The van der Waals surface area contributed by atoms with Crippen molar-refractivity contribution in [2.24, 2.45) is 0 Å². The van der Waals surface area contributed by atoms with Crippen molar-refractivity contribution >= 4 is 53.6 Å². The van der Waals surface area contributed by atoms with Crippen LogP contribution in [0.1, 0.15) is 12.8 Å². The highest BCUT2D eigenvalue weighted by molar-refractivity contribution is 9.11. The summed E-state index contributed by atoms with van der Waals surface area (Å²) in [5.41, 5.74) is 5.74. The number of sulfonamides is 1. The van der Waals surface area contributed by atoms with Crippen molar-refractivity contribution in [2.45, 2.75) is 23.8 Å². The monoisotopic (exact) mass is 411 g/mol. The molecule has 0 aromatic heterocycles. The van der Waals surface area contributed by atoms with Crippen molar-refractivity contribution in [3.8, 4) is 0 Å². The minimum absolute atomic E-state index is 0.0490. The third-order valence-electron chi connectivity index (χ3n) is 2.45. The van der Waals surface area contributed by atoms with Crippen LogP contribution in [-0.4, -0.2) is 20.5 Å². The number of urea groups is 1. The van der Waals surface area contributed by atoms with Gasteiger partial charge in [0.2, 0.25) is 0 Å². The lowest BCUT2D eigenvalue weighted by atomic mass is 10.3. The van der Waals surface area contributed by atoms with Crippen molar-refractivity contribution in [3.63, 3.8) is 0 Å². The molecule has 0 saturated heterocycles. The van der Waals surface area contributed by atoms with Crippen LogP contribution in [0, 0.1) is 0 Å². The molecule has 1 aliphatic carbocycles. The van der Waals surface area contributed by atoms with Gasteiger partial charge in [-0.1, -0.05) is 15.9 Å². The van der Waals surface area contributed by atoms with Crippen LogP contribution in [0.5, 0.6) is 0 Å². The SMILES string of the molecule is Nc1cc(Br)cc(Br)c1S(=O)(=O)NC(=O)NC1CC1. The topological polar surface area (TPSA) is 101 Å². The predicted molar refractivity (Wildman–Crippen MR) is 78.1 cm³/mol. The van der Waals surface area contributed by atoms with Gasteiger partial charge in [-0.2, -0.15) is 0 Å². The molecule has 0 radical (unpaired) electrons. The molecule has 19 heavy (non-hydrogen) atoms. The lowest BCUT2D eigenvalue weighted by Crippen LogP contribution is -2.40. The summed E-state index contributed by atoms with van der Waals surface area (Å²) >= 11 is 6.33. The van der Waals surface area contributed by atoms with Crippen molar-refractivity contribution in [3.05, 3.63) is 21.1 Å². The second-order valence-corrected chi connectivity index (χ2v) is 7.55. The van der Waals surface area contributed by atoms with Crippen molar-refractivity contribution < 1.29 is 13.2 Å². The summed E-state index contributed by atoms with van der Waals surface area (Å²) in [5.74, 6) is 0. The van der Waals surface area contributed by atoms with Gasteiger partial charge >= 0.3 is 6.03 Å². The number of nitrogens with one attached hydrogen (secondary N) is 2. The molecule has 1 saturated carbocycles. The minimum atomic E-state index is -4.01. The molecule has 0 atom stereocenters. The highest BCUT2D eigenvalue weighted by Crippen LogP contribution is 2.31. The van der Waals surface area contributed by atoms with Crippen LogP contribution in [0.25, 0.3) is 0 Å². The minimum Gasteiger partial charge on any atom is -0.398 e. The fourth-order valence-electron chi connectivity index (χ4n) is 1.48. The molecular formula is C10H11Br2N3O3S. The van der Waals surface area contributed by atoms with Gasteiger partial charge < -0.3 is 11.1 Å². The lowest BCUT2D eigenvalue weighted by molar-refractivity contribution is 0.245. The molecule has 0 aliphatic heterocycles. The van der Waals surface area contributed by atoms with Gasteiger partial charge in [0.25, 0.3) is 10.0 Å². The Bertz CT molecular complexity index is 606. The molecular weight excluding hydrogens is 402 g/mol. The Morgan fingerprint density at radius 3 is 2.47 bits per heavy atom. The number of rotatable bonds is 3. The van der Waals surface area contributed by atoms with Gasteiger partial charge in [-0.25, -0.2) is 17.9 Å². The number of hydrogen-bond donors (Lipinski definition) is 3. The van der Waals surface area contributed by atoms with Gasteiger partial charge in [0.05, 0.1) is 5.69 Å². The van der Waals surface area contributed by atoms with E-state index in [1.165, 1.54) is 6.07 Å². The summed E-state index contributed by atoms with van der Waals surface area (Å²) < 4.78 is 27.1. The number of carbonyl (C=O) groups excluding carboxylic acids is 1. The predicted octanol–water partition coefficient (Wildman–Crippen LogP) is 1.94. The first-order valence-corrected chi connectivity index (χ1v) is 8.44. The second-order valence-electron chi connectivity index (χ2n) is 4.16. The molecule has 1 aliphatic rings. The Morgan fingerprint density at radius 1 is 1.32 bits per heavy atom. The quantitative estimate of drug-likeness (QED) is 0.660. The first-order valence-electron chi connectivity index (χ1n) is 5.37. The van der Waals surface area contributed by atoms with Crippen LogP contribution in [0.2, 0.25) is 0 Å². The molecule has 2 rings (SSSR count). The third kappa shape index (κ3) is 3.61. The van der Waals surface area contributed by atoms with E-state index < -0.39 is 16.1 Å². The zero-order valence-corrected chi connectivity index (χ0v) is 13.6. The molecule has 0 spiro atoms. The Kier molecular flexibility index (Phi) is 4.07. The molecule has 1 fully saturated rings. The van der Waals surface area contributed by atoms with Crippen LogP contribution in [0.4, 0.5) is 10.5 Å². The Hall–Kier alpha value is -0.800. The lowest BCUT2D eigenvalue weighted by Gasteiger charge is -2.12. The van der Waals surface area contributed by atoms with Gasteiger partial charge in [-0.3, -0.25) is 0 Å². The molecule has 6 nitrogen and oxygen atoms in total. The molecule has 1 aromatic rings. The van der Waals surface area contributed by atoms with Crippen LogP contribution in [0.15, 0.2) is 26.0 Å². The summed E-state index contributed by atoms with van der Waals surface area (Å²) in [7, 11) is -4.01. The molecule has 1 aromatic carbocycles. The zero-order valence-electron chi connectivity index (χ0n) is 9.61. The van der Waals surface area contributed by atoms with E-state index in [1.807, 2.05) is 4.72 Å². The highest BCUT2D eigenvalue weighted by atomic mass is 79.9. The molecule has 0 bridgehead atoms.